The molecule has 1 aromatic carbocycles. The van der Waals surface area contributed by atoms with E-state index in [2.05, 4.69) is 4.74 Å². The number of aryl methyl sites for hydroxylation is 1. The number of benzene rings is 1. The Bertz CT molecular complexity index is 734. The molecule has 2 aromatic rings. The Balaban J connectivity index is 2.27. The van der Waals surface area contributed by atoms with Crippen LogP contribution in [-0.4, -0.2) is 44.6 Å². The zero-order valence-corrected chi connectivity index (χ0v) is 14.0. The summed E-state index contributed by atoms with van der Waals surface area (Å²) in [4.78, 5) is 25.5. The molecule has 1 unspecified atom stereocenters. The second-order valence-electron chi connectivity index (χ2n) is 5.53. The molecule has 6 nitrogen and oxygen atoms in total. The fourth-order valence-electron chi connectivity index (χ4n) is 2.47. The van der Waals surface area contributed by atoms with Gasteiger partial charge in [0.2, 0.25) is 0 Å². The Morgan fingerprint density at radius 1 is 1.30 bits per heavy atom. The van der Waals surface area contributed by atoms with Gasteiger partial charge in [-0.1, -0.05) is 6.92 Å². The predicted octanol–water partition coefficient (Wildman–Crippen LogP) is 2.63. The third-order valence-electron chi connectivity index (χ3n) is 3.84. The van der Waals surface area contributed by atoms with E-state index in [0.29, 0.717) is 11.3 Å². The number of hydrogen-bond donors (Lipinski definition) is 0. The van der Waals surface area contributed by atoms with Crippen molar-refractivity contribution in [3.05, 3.63) is 29.5 Å². The van der Waals surface area contributed by atoms with E-state index in [4.69, 9.17) is 9.15 Å². The van der Waals surface area contributed by atoms with Crippen LogP contribution in [0.25, 0.3) is 11.0 Å². The largest absolute Gasteiger partial charge is 0.497 e. The van der Waals surface area contributed by atoms with Gasteiger partial charge in [0.25, 0.3) is 5.91 Å². The summed E-state index contributed by atoms with van der Waals surface area (Å²) in [5.41, 5.74) is 1.38. The van der Waals surface area contributed by atoms with E-state index in [1.54, 1.807) is 33.2 Å². The molecule has 1 atom stereocenters. The lowest BCUT2D eigenvalue weighted by Gasteiger charge is -2.19. The molecule has 0 fully saturated rings. The topological polar surface area (TPSA) is 69.0 Å². The van der Waals surface area contributed by atoms with E-state index in [0.717, 1.165) is 10.9 Å². The first kappa shape index (κ1) is 16.9. The van der Waals surface area contributed by atoms with Crippen LogP contribution in [0.3, 0.4) is 0 Å². The van der Waals surface area contributed by atoms with E-state index < -0.39 is 5.92 Å². The number of hydrogen-bond acceptors (Lipinski definition) is 5. The highest BCUT2D eigenvalue weighted by molar-refractivity contribution is 5.99. The van der Waals surface area contributed by atoms with Crippen LogP contribution in [0.15, 0.2) is 22.6 Å². The van der Waals surface area contributed by atoms with Crippen LogP contribution in [0, 0.1) is 12.8 Å². The van der Waals surface area contributed by atoms with Crippen molar-refractivity contribution < 1.29 is 23.5 Å². The zero-order valence-electron chi connectivity index (χ0n) is 14.0. The molecule has 0 saturated heterocycles. The fraction of sp³-hybridized carbons (Fsp3) is 0.412. The molecule has 0 aliphatic carbocycles. The average Bonchev–Trinajstić information content (AvgIpc) is 2.89. The standard InChI is InChI=1S/C17H21NO5/c1-10(17(20)22-5)9-18(3)16(19)15-11(2)13-8-12(21-4)6-7-14(13)23-15/h6-8,10H,9H2,1-5H3. The molecule has 0 saturated carbocycles. The number of furan rings is 1. The lowest BCUT2D eigenvalue weighted by atomic mass is 10.1. The van der Waals surface area contributed by atoms with Gasteiger partial charge in [0, 0.05) is 24.5 Å². The van der Waals surface area contributed by atoms with Crippen LogP contribution in [-0.2, 0) is 9.53 Å². The van der Waals surface area contributed by atoms with E-state index in [1.807, 2.05) is 13.0 Å². The lowest BCUT2D eigenvalue weighted by Crippen LogP contribution is -2.34. The van der Waals surface area contributed by atoms with E-state index in [1.165, 1.54) is 12.0 Å². The minimum Gasteiger partial charge on any atom is -0.497 e. The molecule has 0 bridgehead atoms. The second-order valence-corrected chi connectivity index (χ2v) is 5.53. The van der Waals surface area contributed by atoms with Crippen LogP contribution in [0.2, 0.25) is 0 Å². The molecular weight excluding hydrogens is 298 g/mol. The maximum Gasteiger partial charge on any atom is 0.310 e. The van der Waals surface area contributed by atoms with Crippen LogP contribution in [0.4, 0.5) is 0 Å². The SMILES string of the molecule is COC(=O)C(C)CN(C)C(=O)c1oc2ccc(OC)cc2c1C. The Morgan fingerprint density at radius 2 is 2.00 bits per heavy atom. The molecule has 124 valence electrons. The van der Waals surface area contributed by atoms with Crippen molar-refractivity contribution in [2.75, 3.05) is 27.8 Å². The summed E-state index contributed by atoms with van der Waals surface area (Å²) in [5, 5.41) is 0.835. The number of amides is 1. The number of carbonyl (C=O) groups excluding carboxylic acids is 2. The highest BCUT2D eigenvalue weighted by atomic mass is 16.5. The monoisotopic (exact) mass is 319 g/mol. The summed E-state index contributed by atoms with van der Waals surface area (Å²) in [6.07, 6.45) is 0. The Kier molecular flexibility index (Phi) is 4.93. The number of fused-ring (bicyclic) bond motifs is 1. The van der Waals surface area contributed by atoms with Crippen LogP contribution in [0.5, 0.6) is 5.75 Å². The maximum atomic E-state index is 12.6. The van der Waals surface area contributed by atoms with E-state index >= 15 is 0 Å². The molecular formula is C17H21NO5. The first-order chi connectivity index (χ1) is 10.9. The molecule has 1 heterocycles. The van der Waals surface area contributed by atoms with Gasteiger partial charge < -0.3 is 18.8 Å². The smallest absolute Gasteiger partial charge is 0.310 e. The zero-order chi connectivity index (χ0) is 17.1. The van der Waals surface area contributed by atoms with Gasteiger partial charge in [-0.15, -0.1) is 0 Å². The van der Waals surface area contributed by atoms with Crippen molar-refractivity contribution >= 4 is 22.8 Å². The molecule has 0 aliphatic heterocycles. The molecule has 6 heteroatoms. The summed E-state index contributed by atoms with van der Waals surface area (Å²) in [6.45, 7) is 3.80. The number of ether oxygens (including phenoxy) is 2. The second kappa shape index (κ2) is 6.73. The van der Waals surface area contributed by atoms with Gasteiger partial charge in [0.1, 0.15) is 11.3 Å². The Morgan fingerprint density at radius 3 is 2.61 bits per heavy atom. The normalized spacial score (nSPS) is 12.0. The summed E-state index contributed by atoms with van der Waals surface area (Å²) in [5.74, 6) is -0.0521. The van der Waals surface area contributed by atoms with E-state index in [-0.39, 0.29) is 24.2 Å². The summed E-state index contributed by atoms with van der Waals surface area (Å²) >= 11 is 0. The number of esters is 1. The number of rotatable bonds is 5. The summed E-state index contributed by atoms with van der Waals surface area (Å²) in [7, 11) is 4.55. The molecule has 0 aliphatic rings. The molecule has 0 radical (unpaired) electrons. The van der Waals surface area contributed by atoms with Crippen LogP contribution in [0.1, 0.15) is 23.0 Å². The van der Waals surface area contributed by atoms with Gasteiger partial charge in [0.05, 0.1) is 20.1 Å². The average molecular weight is 319 g/mol. The first-order valence-electron chi connectivity index (χ1n) is 7.29. The molecule has 0 N–H and O–H groups in total. The van der Waals surface area contributed by atoms with Crippen molar-refractivity contribution in [3.63, 3.8) is 0 Å². The van der Waals surface area contributed by atoms with Gasteiger partial charge in [-0.25, -0.2) is 0 Å². The fourth-order valence-corrected chi connectivity index (χ4v) is 2.47. The third kappa shape index (κ3) is 3.31. The number of methoxy groups -OCH3 is 2. The summed E-state index contributed by atoms with van der Waals surface area (Å²) < 4.78 is 15.6. The van der Waals surface area contributed by atoms with Gasteiger partial charge in [0.15, 0.2) is 5.76 Å². The quantitative estimate of drug-likeness (QED) is 0.792. The molecule has 0 spiro atoms. The van der Waals surface area contributed by atoms with Crippen LogP contribution < -0.4 is 4.74 Å². The third-order valence-corrected chi connectivity index (χ3v) is 3.84. The van der Waals surface area contributed by atoms with Crippen molar-refractivity contribution in [2.45, 2.75) is 13.8 Å². The predicted molar refractivity (Wildman–Crippen MR) is 85.6 cm³/mol. The molecule has 23 heavy (non-hydrogen) atoms. The highest BCUT2D eigenvalue weighted by Gasteiger charge is 2.24. The number of carbonyl (C=O) groups is 2. The van der Waals surface area contributed by atoms with Crippen molar-refractivity contribution in [2.24, 2.45) is 5.92 Å². The number of nitrogens with zero attached hydrogens (tertiary/aromatic N) is 1. The lowest BCUT2D eigenvalue weighted by molar-refractivity contribution is -0.145. The molecule has 1 amide bonds. The van der Waals surface area contributed by atoms with Gasteiger partial charge >= 0.3 is 5.97 Å². The molecule has 1 aromatic heterocycles. The van der Waals surface area contributed by atoms with Crippen molar-refractivity contribution in [1.82, 2.24) is 4.90 Å². The first-order valence-corrected chi connectivity index (χ1v) is 7.29. The molecule has 2 rings (SSSR count). The Hall–Kier alpha value is -2.50. The minimum absolute atomic E-state index is 0.255. The summed E-state index contributed by atoms with van der Waals surface area (Å²) in [6, 6.07) is 5.39. The van der Waals surface area contributed by atoms with E-state index in [9.17, 15) is 9.59 Å². The van der Waals surface area contributed by atoms with Crippen LogP contribution >= 0.6 is 0 Å². The van der Waals surface area contributed by atoms with Crippen molar-refractivity contribution in [1.29, 1.82) is 0 Å². The highest BCUT2D eigenvalue weighted by Crippen LogP contribution is 2.29. The van der Waals surface area contributed by atoms with Gasteiger partial charge in [-0.3, -0.25) is 9.59 Å². The minimum atomic E-state index is -0.404. The van der Waals surface area contributed by atoms with Crippen molar-refractivity contribution in [3.8, 4) is 5.75 Å². The van der Waals surface area contributed by atoms with Gasteiger partial charge in [-0.2, -0.15) is 0 Å². The van der Waals surface area contributed by atoms with Gasteiger partial charge in [-0.05, 0) is 25.1 Å². The maximum absolute atomic E-state index is 12.6. The Labute approximate surface area is 135 Å².